The highest BCUT2D eigenvalue weighted by molar-refractivity contribution is 5.85. The normalized spacial score (nSPS) is 12.5. The molecule has 0 unspecified atom stereocenters. The molecule has 5 heteroatoms. The maximum Gasteiger partial charge on any atom is 0.223 e. The van der Waals surface area contributed by atoms with Crippen molar-refractivity contribution < 1.29 is 9.59 Å². The van der Waals surface area contributed by atoms with E-state index in [2.05, 4.69) is 5.32 Å². The molecule has 0 spiro atoms. The van der Waals surface area contributed by atoms with Crippen LogP contribution in [0, 0.1) is 12.3 Å². The number of rotatable bonds is 7. The second-order valence-corrected chi connectivity index (χ2v) is 3.84. The van der Waals surface area contributed by atoms with Gasteiger partial charge in [-0.3, -0.25) is 9.59 Å². The Hall–Kier alpha value is -1.10. The van der Waals surface area contributed by atoms with Gasteiger partial charge in [0, 0.05) is 19.0 Å². The summed E-state index contributed by atoms with van der Waals surface area (Å²) in [5.41, 5.74) is 5.06. The molecule has 87 valence electrons. The smallest absolute Gasteiger partial charge is 0.223 e. The van der Waals surface area contributed by atoms with Gasteiger partial charge in [-0.15, -0.1) is 0 Å². The molecule has 0 saturated heterocycles. The zero-order valence-corrected chi connectivity index (χ0v) is 9.62. The minimum Gasteiger partial charge on any atom is -0.369 e. The first kappa shape index (κ1) is 13.9. The average Bonchev–Trinajstić information content (AvgIpc) is 2.13. The summed E-state index contributed by atoms with van der Waals surface area (Å²) < 4.78 is 0. The second kappa shape index (κ2) is 7.23. The highest BCUT2D eigenvalue weighted by Crippen LogP contribution is 2.02. The molecular weight excluding hydrogens is 194 g/mol. The van der Waals surface area contributed by atoms with Crippen LogP contribution in [0.25, 0.3) is 0 Å². The fraction of sp³-hybridized carbons (Fsp3) is 0.700. The highest BCUT2D eigenvalue weighted by Gasteiger charge is 2.11. The Morgan fingerprint density at radius 3 is 2.53 bits per heavy atom. The quantitative estimate of drug-likeness (QED) is 0.593. The fourth-order valence-corrected chi connectivity index (χ4v) is 0.875. The SMILES string of the molecule is C[C@@H](C[CH]C(=O)NCCN(C)C)C(N)=O. The number of nitrogens with zero attached hydrogens (tertiary/aromatic N) is 1. The molecule has 0 aromatic heterocycles. The molecule has 0 bridgehead atoms. The van der Waals surface area contributed by atoms with E-state index in [1.807, 2.05) is 19.0 Å². The van der Waals surface area contributed by atoms with E-state index in [1.54, 1.807) is 6.92 Å². The van der Waals surface area contributed by atoms with Crippen molar-refractivity contribution in [2.45, 2.75) is 13.3 Å². The van der Waals surface area contributed by atoms with Crippen molar-refractivity contribution in [3.8, 4) is 0 Å². The third-order valence-electron chi connectivity index (χ3n) is 2.00. The van der Waals surface area contributed by atoms with E-state index in [0.717, 1.165) is 6.54 Å². The summed E-state index contributed by atoms with van der Waals surface area (Å²) >= 11 is 0. The number of likely N-dealkylation sites (N-methyl/N-ethyl adjacent to an activating group) is 1. The topological polar surface area (TPSA) is 75.4 Å². The van der Waals surface area contributed by atoms with Gasteiger partial charge in [-0.1, -0.05) is 6.92 Å². The molecule has 2 amide bonds. The first-order valence-electron chi connectivity index (χ1n) is 4.98. The van der Waals surface area contributed by atoms with Gasteiger partial charge in [0.15, 0.2) is 0 Å². The van der Waals surface area contributed by atoms with Crippen molar-refractivity contribution >= 4 is 11.8 Å². The zero-order valence-electron chi connectivity index (χ0n) is 9.62. The van der Waals surface area contributed by atoms with Crippen LogP contribution in [0.3, 0.4) is 0 Å². The molecule has 3 N–H and O–H groups in total. The van der Waals surface area contributed by atoms with Crippen LogP contribution in [0.5, 0.6) is 0 Å². The van der Waals surface area contributed by atoms with Gasteiger partial charge in [0.2, 0.25) is 11.8 Å². The summed E-state index contributed by atoms with van der Waals surface area (Å²) in [6.07, 6.45) is 1.86. The van der Waals surface area contributed by atoms with Crippen LogP contribution < -0.4 is 11.1 Å². The van der Waals surface area contributed by atoms with E-state index < -0.39 is 0 Å². The Kier molecular flexibility index (Phi) is 6.70. The highest BCUT2D eigenvalue weighted by atomic mass is 16.2. The van der Waals surface area contributed by atoms with E-state index in [1.165, 1.54) is 6.42 Å². The van der Waals surface area contributed by atoms with E-state index in [9.17, 15) is 9.59 Å². The lowest BCUT2D eigenvalue weighted by Crippen LogP contribution is -2.32. The molecule has 1 atom stereocenters. The molecule has 0 aromatic rings. The van der Waals surface area contributed by atoms with Gasteiger partial charge >= 0.3 is 0 Å². The van der Waals surface area contributed by atoms with Crippen molar-refractivity contribution in [2.75, 3.05) is 27.2 Å². The number of hydrogen-bond acceptors (Lipinski definition) is 3. The van der Waals surface area contributed by atoms with Crippen molar-refractivity contribution in [3.05, 3.63) is 6.42 Å². The van der Waals surface area contributed by atoms with Gasteiger partial charge in [-0.25, -0.2) is 0 Å². The molecule has 0 rings (SSSR count). The molecule has 0 aliphatic rings. The van der Waals surface area contributed by atoms with Crippen molar-refractivity contribution in [1.82, 2.24) is 10.2 Å². The van der Waals surface area contributed by atoms with Crippen LogP contribution in [0.4, 0.5) is 0 Å². The molecule has 5 nitrogen and oxygen atoms in total. The van der Waals surface area contributed by atoms with E-state index in [-0.39, 0.29) is 17.7 Å². The molecule has 0 aliphatic carbocycles. The predicted molar refractivity (Wildman–Crippen MR) is 58.8 cm³/mol. The third kappa shape index (κ3) is 7.93. The van der Waals surface area contributed by atoms with Gasteiger partial charge in [-0.2, -0.15) is 0 Å². The van der Waals surface area contributed by atoms with Crippen LogP contribution >= 0.6 is 0 Å². The molecule has 0 saturated carbocycles. The Morgan fingerprint density at radius 1 is 1.47 bits per heavy atom. The maximum absolute atomic E-state index is 11.2. The first-order chi connectivity index (χ1) is 6.93. The molecular formula is C10H20N3O2. The van der Waals surface area contributed by atoms with Gasteiger partial charge in [0.1, 0.15) is 0 Å². The molecule has 1 radical (unpaired) electrons. The minimum atomic E-state index is -0.382. The average molecular weight is 214 g/mol. The fourth-order valence-electron chi connectivity index (χ4n) is 0.875. The minimum absolute atomic E-state index is 0.148. The van der Waals surface area contributed by atoms with Crippen LogP contribution in [0.1, 0.15) is 13.3 Å². The summed E-state index contributed by atoms with van der Waals surface area (Å²) in [5, 5.41) is 2.72. The molecule has 0 fully saturated rings. The van der Waals surface area contributed by atoms with E-state index >= 15 is 0 Å². The van der Waals surface area contributed by atoms with Crippen molar-refractivity contribution in [3.63, 3.8) is 0 Å². The van der Waals surface area contributed by atoms with Crippen molar-refractivity contribution in [1.29, 1.82) is 0 Å². The number of nitrogens with two attached hydrogens (primary N) is 1. The monoisotopic (exact) mass is 214 g/mol. The Balaban J connectivity index is 3.53. The van der Waals surface area contributed by atoms with Gasteiger partial charge in [0.05, 0.1) is 6.42 Å². The van der Waals surface area contributed by atoms with E-state index in [0.29, 0.717) is 13.0 Å². The Morgan fingerprint density at radius 2 is 2.07 bits per heavy atom. The largest absolute Gasteiger partial charge is 0.369 e. The number of carbonyl (C=O) groups excluding carboxylic acids is 2. The maximum atomic E-state index is 11.2. The summed E-state index contributed by atoms with van der Waals surface area (Å²) in [5.74, 6) is -0.818. The number of carbonyl (C=O) groups is 2. The van der Waals surface area contributed by atoms with Gasteiger partial charge < -0.3 is 16.0 Å². The lowest BCUT2D eigenvalue weighted by Gasteiger charge is -2.11. The number of hydrogen-bond donors (Lipinski definition) is 2. The van der Waals surface area contributed by atoms with Crippen molar-refractivity contribution in [2.24, 2.45) is 11.7 Å². The molecule has 15 heavy (non-hydrogen) atoms. The first-order valence-corrected chi connectivity index (χ1v) is 4.98. The number of nitrogens with one attached hydrogen (secondary N) is 1. The van der Waals surface area contributed by atoms with E-state index in [4.69, 9.17) is 5.73 Å². The van der Waals surface area contributed by atoms with Crippen LogP contribution in [0.15, 0.2) is 0 Å². The molecule has 0 aliphatic heterocycles. The summed E-state index contributed by atoms with van der Waals surface area (Å²) in [4.78, 5) is 23.9. The molecule has 0 aromatic carbocycles. The lowest BCUT2D eigenvalue weighted by atomic mass is 10.1. The standard InChI is InChI=1S/C10H20N3O2/c1-8(10(11)15)4-5-9(14)12-6-7-13(2)3/h5,8H,4,6-7H2,1-3H3,(H2,11,15)(H,12,14)/t8-/m0/s1. The zero-order chi connectivity index (χ0) is 11.8. The van der Waals surface area contributed by atoms with Gasteiger partial charge in [0.25, 0.3) is 0 Å². The van der Waals surface area contributed by atoms with Crippen LogP contribution in [-0.2, 0) is 9.59 Å². The summed E-state index contributed by atoms with van der Waals surface area (Å²) in [6.45, 7) is 3.10. The summed E-state index contributed by atoms with van der Waals surface area (Å²) in [7, 11) is 3.87. The lowest BCUT2D eigenvalue weighted by molar-refractivity contribution is -0.121. The predicted octanol–water partition coefficient (Wildman–Crippen LogP) is -0.620. The second-order valence-electron chi connectivity index (χ2n) is 3.84. The molecule has 0 heterocycles. The Labute approximate surface area is 91.0 Å². The Bertz CT molecular complexity index is 217. The van der Waals surface area contributed by atoms with Crippen LogP contribution in [0.2, 0.25) is 0 Å². The number of primary amides is 1. The van der Waals surface area contributed by atoms with Gasteiger partial charge in [-0.05, 0) is 20.5 Å². The van der Waals surface area contributed by atoms with Crippen LogP contribution in [-0.4, -0.2) is 43.9 Å². The summed E-state index contributed by atoms with van der Waals surface area (Å²) in [6, 6.07) is 0. The third-order valence-corrected chi connectivity index (χ3v) is 2.00. The number of amides is 2.